The minimum absolute atomic E-state index is 0. The van der Waals surface area contributed by atoms with Crippen molar-refractivity contribution in [2.24, 2.45) is 0 Å². The van der Waals surface area contributed by atoms with Gasteiger partial charge in [-0.3, -0.25) is 9.97 Å². The van der Waals surface area contributed by atoms with Crippen LogP contribution in [0.25, 0.3) is 56.2 Å². The van der Waals surface area contributed by atoms with Crippen molar-refractivity contribution in [3.8, 4) is 22.3 Å². The molecule has 0 aliphatic heterocycles. The molecule has 2 aromatic heterocycles. The van der Waals surface area contributed by atoms with Gasteiger partial charge in [0.15, 0.2) is 0 Å². The molecule has 0 radical (unpaired) electrons. The van der Waals surface area contributed by atoms with Crippen LogP contribution in [0.1, 0.15) is 85.7 Å². The molecule has 4 N–H and O–H groups in total. The summed E-state index contributed by atoms with van der Waals surface area (Å²) >= 11 is 0. The number of aliphatic carboxylic acids is 2. The Balaban J connectivity index is 0.000000206. The number of rotatable bonds is 16. The molecule has 13 heteroatoms. The molecule has 8 rings (SSSR count). The predicted molar refractivity (Wildman–Crippen MR) is 235 cm³/mol. The number of carbonyl (C=O) groups excluding carboxylic acids is 2. The maximum Gasteiger partial charge on any atom is 2.00 e. The molecule has 2 fully saturated rings. The van der Waals surface area contributed by atoms with Gasteiger partial charge in [-0.25, -0.2) is 8.78 Å². The fourth-order valence-electron chi connectivity index (χ4n) is 7.70. The van der Waals surface area contributed by atoms with Gasteiger partial charge in [-0.2, -0.15) is 0 Å². The molecule has 2 saturated carbocycles. The Labute approximate surface area is 403 Å². The van der Waals surface area contributed by atoms with Crippen LogP contribution in [0, 0.1) is 11.6 Å². The van der Waals surface area contributed by atoms with Gasteiger partial charge in [0.1, 0.15) is 11.6 Å². The number of aliphatic hydroxyl groups excluding tert-OH is 4. The summed E-state index contributed by atoms with van der Waals surface area (Å²) in [5.41, 5.74) is 8.76. The van der Waals surface area contributed by atoms with Crippen molar-refractivity contribution in [1.29, 1.82) is 0 Å². The number of hydrogen-bond acceptors (Lipinski definition) is 10. The number of carboxylic acids is 2. The summed E-state index contributed by atoms with van der Waals surface area (Å²) in [6.07, 6.45) is 5.02. The van der Waals surface area contributed by atoms with Crippen molar-refractivity contribution in [3.63, 3.8) is 0 Å². The van der Waals surface area contributed by atoms with Crippen LogP contribution in [0.5, 0.6) is 0 Å². The number of benzene rings is 4. The van der Waals surface area contributed by atoms with Gasteiger partial charge in [-0.15, -0.1) is 0 Å². The Morgan fingerprint density at radius 1 is 0.587 bits per heavy atom. The molecule has 0 saturated heterocycles. The molecule has 0 amide bonds. The maximum absolute atomic E-state index is 13.6. The molecule has 4 atom stereocenters. The van der Waals surface area contributed by atoms with Gasteiger partial charge in [0, 0.05) is 82.5 Å². The number of halogens is 2. The quantitative estimate of drug-likeness (QED) is 0.0841. The molecule has 320 valence electrons. The second-order valence-corrected chi connectivity index (χ2v) is 16.0. The summed E-state index contributed by atoms with van der Waals surface area (Å²) in [5, 5.41) is 63.3. The van der Waals surface area contributed by atoms with Gasteiger partial charge >= 0.3 is 48.9 Å². The largest absolute Gasteiger partial charge is 2.00 e. The Morgan fingerprint density at radius 3 is 1.27 bits per heavy atom. The van der Waals surface area contributed by atoms with E-state index in [1.807, 2.05) is 48.5 Å². The minimum Gasteiger partial charge on any atom is -0.550 e. The summed E-state index contributed by atoms with van der Waals surface area (Å²) < 4.78 is 27.1. The smallest absolute Gasteiger partial charge is 0.550 e. The van der Waals surface area contributed by atoms with Crippen molar-refractivity contribution >= 4 is 94.8 Å². The number of fused-ring (bicyclic) bond motifs is 2. The number of carbonyl (C=O) groups is 2. The zero-order valence-corrected chi connectivity index (χ0v) is 38.9. The van der Waals surface area contributed by atoms with Crippen LogP contribution in [0.2, 0.25) is 0 Å². The van der Waals surface area contributed by atoms with Crippen LogP contribution in [0.15, 0.2) is 109 Å². The van der Waals surface area contributed by atoms with Gasteiger partial charge in [0.2, 0.25) is 0 Å². The third-order valence-corrected chi connectivity index (χ3v) is 10.9. The van der Waals surface area contributed by atoms with Crippen molar-refractivity contribution in [2.45, 2.75) is 87.6 Å². The zero-order chi connectivity index (χ0) is 43.9. The normalized spacial score (nSPS) is 15.7. The second kappa shape index (κ2) is 21.9. The number of aromatic nitrogens is 2. The van der Waals surface area contributed by atoms with E-state index in [0.29, 0.717) is 11.8 Å². The summed E-state index contributed by atoms with van der Waals surface area (Å²) in [6.45, 7) is 0. The summed E-state index contributed by atoms with van der Waals surface area (Å²) in [6, 6.07) is 28.1. The third-order valence-electron chi connectivity index (χ3n) is 10.9. The number of carboxylic acid groups (broad SMARTS) is 2. The minimum atomic E-state index is -1.36. The summed E-state index contributed by atoms with van der Waals surface area (Å²) in [5.74, 6) is -2.72. The molecule has 0 spiro atoms. The monoisotopic (exact) mass is 978 g/mol. The molecular weight excluding hydrogens is 932 g/mol. The van der Waals surface area contributed by atoms with Crippen LogP contribution in [0.3, 0.4) is 0 Å². The zero-order valence-electron chi connectivity index (χ0n) is 34.4. The standard InChI is InChI=1S/2C25H24FNO4.Ba/c2*26-17-9-7-15(8-10-17)24-20-3-1-2-4-22(20)27-25(16-5-6-16)21(24)12-11-18(28)13-19(29)14-23(30)31;/h2*1-4,7-12,16,18-19,28-29H,5-6,13-14H2,(H,30,31);/q;;+2/p-2/b2*12-11+;/t2*18-,19-;/m11./s1. The molecule has 10 nitrogen and oxygen atoms in total. The van der Waals surface area contributed by atoms with E-state index in [1.165, 1.54) is 24.3 Å². The first kappa shape index (κ1) is 47.9. The van der Waals surface area contributed by atoms with Gasteiger partial charge in [-0.05, 0) is 73.2 Å². The summed E-state index contributed by atoms with van der Waals surface area (Å²) in [7, 11) is 0. The van der Waals surface area contributed by atoms with Crippen LogP contribution < -0.4 is 10.2 Å². The van der Waals surface area contributed by atoms with Crippen LogP contribution in [-0.2, 0) is 9.59 Å². The molecule has 0 bridgehead atoms. The van der Waals surface area contributed by atoms with E-state index in [9.17, 15) is 49.0 Å². The Hall–Kier alpha value is -4.61. The van der Waals surface area contributed by atoms with Gasteiger partial charge < -0.3 is 40.2 Å². The first-order valence-corrected chi connectivity index (χ1v) is 20.7. The van der Waals surface area contributed by atoms with Crippen molar-refractivity contribution in [2.75, 3.05) is 0 Å². The summed E-state index contributed by atoms with van der Waals surface area (Å²) in [4.78, 5) is 31.0. The SMILES string of the molecule is O=C([O-])C[C@H](O)C[C@H](O)/C=C/c1c(C2CC2)nc2ccccc2c1-c1ccc(F)cc1.O=C([O-])C[C@H](O)C[C@H](O)/C=C/c1c(C2CC2)nc2ccccc2c1-c1ccc(F)cc1.[Ba+2]. The first-order chi connectivity index (χ1) is 29.8. The van der Waals surface area contributed by atoms with Gasteiger partial charge in [-0.1, -0.05) is 85.0 Å². The molecule has 0 unspecified atom stereocenters. The van der Waals surface area contributed by atoms with E-state index in [0.717, 1.165) is 92.3 Å². The Kier molecular flexibility index (Phi) is 16.6. The molecule has 63 heavy (non-hydrogen) atoms. The van der Waals surface area contributed by atoms with E-state index >= 15 is 0 Å². The topological polar surface area (TPSA) is 187 Å². The third kappa shape index (κ3) is 12.8. The average Bonchev–Trinajstić information content (AvgIpc) is 4.17. The van der Waals surface area contributed by atoms with Crippen LogP contribution >= 0.6 is 0 Å². The number of pyridine rings is 2. The molecule has 6 aromatic rings. The average molecular weight is 978 g/mol. The van der Waals surface area contributed by atoms with Crippen LogP contribution in [-0.4, -0.2) is 116 Å². The van der Waals surface area contributed by atoms with E-state index in [4.69, 9.17) is 9.97 Å². The Bertz CT molecular complexity index is 2430. The maximum atomic E-state index is 13.6. The number of para-hydroxylation sites is 2. The first-order valence-electron chi connectivity index (χ1n) is 20.7. The van der Waals surface area contributed by atoms with Crippen molar-refractivity contribution in [1.82, 2.24) is 9.97 Å². The van der Waals surface area contributed by atoms with Crippen molar-refractivity contribution < 1.29 is 49.0 Å². The van der Waals surface area contributed by atoms with Crippen molar-refractivity contribution in [3.05, 3.63) is 143 Å². The molecule has 2 aliphatic carbocycles. The number of hydrogen-bond donors (Lipinski definition) is 4. The molecule has 4 aromatic carbocycles. The predicted octanol–water partition coefficient (Wildman–Crippen LogP) is 5.99. The fourth-order valence-corrected chi connectivity index (χ4v) is 7.70. The van der Waals surface area contributed by atoms with Gasteiger partial charge in [0.25, 0.3) is 0 Å². The Morgan fingerprint density at radius 2 is 0.937 bits per heavy atom. The second-order valence-electron chi connectivity index (χ2n) is 16.0. The number of nitrogens with zero attached hydrogens (tertiary/aromatic N) is 2. The van der Waals surface area contributed by atoms with E-state index in [1.54, 1.807) is 48.6 Å². The van der Waals surface area contributed by atoms with Gasteiger partial charge in [0.05, 0.1) is 46.8 Å². The fraction of sp³-hybridized carbons (Fsp3) is 0.280. The molecule has 2 aliphatic rings. The van der Waals surface area contributed by atoms with E-state index < -0.39 is 49.2 Å². The van der Waals surface area contributed by atoms with E-state index in [2.05, 4.69) is 0 Å². The molecule has 2 heterocycles. The van der Waals surface area contributed by atoms with E-state index in [-0.39, 0.29) is 73.4 Å². The van der Waals surface area contributed by atoms with Crippen LogP contribution in [0.4, 0.5) is 8.78 Å². The number of aliphatic hydroxyl groups is 4. The molecular formula is C50H46BaF2N2O8.